The maximum absolute atomic E-state index is 12.1. The number of rotatable bonds is 7. The van der Waals surface area contributed by atoms with E-state index in [1.165, 1.54) is 0 Å². The van der Waals surface area contributed by atoms with Crippen molar-refractivity contribution in [2.45, 2.75) is 26.3 Å². The van der Waals surface area contributed by atoms with Crippen LogP contribution >= 0.6 is 0 Å². The molecule has 2 rings (SSSR count). The van der Waals surface area contributed by atoms with Gasteiger partial charge in [-0.2, -0.15) is 0 Å². The highest BCUT2D eigenvalue weighted by atomic mass is 16.5. The van der Waals surface area contributed by atoms with E-state index in [4.69, 9.17) is 10.3 Å². The largest absolute Gasteiger partial charge is 0.366 e. The fourth-order valence-electron chi connectivity index (χ4n) is 2.16. The molecule has 7 heteroatoms. The van der Waals surface area contributed by atoms with E-state index in [9.17, 15) is 9.59 Å². The molecule has 2 amide bonds. The van der Waals surface area contributed by atoms with Crippen LogP contribution in [0.25, 0.3) is 0 Å². The molecule has 0 atom stereocenters. The number of benzene rings is 1. The molecule has 7 nitrogen and oxygen atoms in total. The van der Waals surface area contributed by atoms with Gasteiger partial charge in [-0.1, -0.05) is 19.0 Å². The summed E-state index contributed by atoms with van der Waals surface area (Å²) in [5.41, 5.74) is 7.09. The van der Waals surface area contributed by atoms with Crippen molar-refractivity contribution < 1.29 is 14.1 Å². The van der Waals surface area contributed by atoms with Gasteiger partial charge in [0.05, 0.1) is 18.8 Å². The first-order chi connectivity index (χ1) is 11.3. The summed E-state index contributed by atoms with van der Waals surface area (Å²) in [5, 5.41) is 6.77. The van der Waals surface area contributed by atoms with Crippen LogP contribution in [-0.2, 0) is 11.3 Å². The number of amides is 2. The summed E-state index contributed by atoms with van der Waals surface area (Å²) in [6.07, 6.45) is 0. The first-order valence-electron chi connectivity index (χ1n) is 7.69. The molecule has 0 bridgehead atoms. The molecule has 2 aromatic rings. The Morgan fingerprint density at radius 1 is 1.29 bits per heavy atom. The third kappa shape index (κ3) is 4.92. The second-order valence-electron chi connectivity index (χ2n) is 6.03. The smallest absolute Gasteiger partial charge is 0.248 e. The Balaban J connectivity index is 1.85. The zero-order valence-corrected chi connectivity index (χ0v) is 14.1. The summed E-state index contributed by atoms with van der Waals surface area (Å²) >= 11 is 0. The number of carbonyl (C=O) groups excluding carboxylic acids is 2. The van der Waals surface area contributed by atoms with Gasteiger partial charge in [-0.15, -0.1) is 0 Å². The highest BCUT2D eigenvalue weighted by Gasteiger charge is 2.12. The predicted molar refractivity (Wildman–Crippen MR) is 90.5 cm³/mol. The van der Waals surface area contributed by atoms with E-state index >= 15 is 0 Å². The Morgan fingerprint density at radius 2 is 1.96 bits per heavy atom. The molecule has 128 valence electrons. The van der Waals surface area contributed by atoms with Crippen LogP contribution in [0.5, 0.6) is 0 Å². The van der Waals surface area contributed by atoms with Crippen LogP contribution in [0.4, 0.5) is 5.69 Å². The summed E-state index contributed by atoms with van der Waals surface area (Å²) in [6.45, 7) is 4.79. The normalized spacial score (nSPS) is 11.0. The minimum atomic E-state index is -0.500. The van der Waals surface area contributed by atoms with Gasteiger partial charge in [0.15, 0.2) is 5.76 Å². The summed E-state index contributed by atoms with van der Waals surface area (Å²) in [4.78, 5) is 24.9. The number of carbonyl (C=O) groups is 2. The van der Waals surface area contributed by atoms with Gasteiger partial charge in [0.2, 0.25) is 11.8 Å². The highest BCUT2D eigenvalue weighted by Crippen LogP contribution is 2.15. The third-order valence-corrected chi connectivity index (χ3v) is 3.46. The van der Waals surface area contributed by atoms with Crippen LogP contribution in [0, 0.1) is 0 Å². The molecule has 1 aromatic heterocycles. The van der Waals surface area contributed by atoms with Crippen LogP contribution in [0.3, 0.4) is 0 Å². The number of nitrogens with zero attached hydrogens (tertiary/aromatic N) is 2. The third-order valence-electron chi connectivity index (χ3n) is 3.46. The zero-order chi connectivity index (χ0) is 17.7. The van der Waals surface area contributed by atoms with Crippen molar-refractivity contribution in [1.82, 2.24) is 10.1 Å². The minimum Gasteiger partial charge on any atom is -0.366 e. The van der Waals surface area contributed by atoms with E-state index in [2.05, 4.69) is 10.5 Å². The van der Waals surface area contributed by atoms with Crippen LogP contribution in [0.2, 0.25) is 0 Å². The Labute approximate surface area is 140 Å². The summed E-state index contributed by atoms with van der Waals surface area (Å²) in [6, 6.07) is 8.33. The highest BCUT2D eigenvalue weighted by molar-refractivity contribution is 5.95. The lowest BCUT2D eigenvalue weighted by Crippen LogP contribution is -2.29. The van der Waals surface area contributed by atoms with E-state index < -0.39 is 5.91 Å². The zero-order valence-electron chi connectivity index (χ0n) is 14.1. The van der Waals surface area contributed by atoms with Crippen LogP contribution < -0.4 is 11.1 Å². The van der Waals surface area contributed by atoms with Gasteiger partial charge in [-0.05, 0) is 37.2 Å². The fraction of sp³-hybridized carbons (Fsp3) is 0.353. The van der Waals surface area contributed by atoms with E-state index in [1.54, 1.807) is 24.3 Å². The van der Waals surface area contributed by atoms with E-state index in [1.807, 2.05) is 31.9 Å². The van der Waals surface area contributed by atoms with Gasteiger partial charge >= 0.3 is 0 Å². The van der Waals surface area contributed by atoms with Crippen LogP contribution in [0.15, 0.2) is 34.9 Å². The Morgan fingerprint density at radius 3 is 2.50 bits per heavy atom. The Hall–Kier alpha value is -2.67. The number of likely N-dealkylation sites (N-methyl/N-ethyl adjacent to an activating group) is 1. The number of hydrogen-bond donors (Lipinski definition) is 2. The van der Waals surface area contributed by atoms with Crippen molar-refractivity contribution in [2.75, 3.05) is 18.9 Å². The molecule has 0 aliphatic carbocycles. The van der Waals surface area contributed by atoms with Gasteiger partial charge in [0.25, 0.3) is 0 Å². The standard InChI is InChI=1S/C17H22N4O3/c1-11(2)15-8-14(24-20-15)9-21(3)10-16(22)19-13-6-4-12(5-7-13)17(18)23/h4-8,11H,9-10H2,1-3H3,(H2,18,23)(H,19,22). The summed E-state index contributed by atoms with van der Waals surface area (Å²) < 4.78 is 5.26. The molecule has 3 N–H and O–H groups in total. The monoisotopic (exact) mass is 330 g/mol. The number of aromatic nitrogens is 1. The predicted octanol–water partition coefficient (Wildman–Crippen LogP) is 1.97. The minimum absolute atomic E-state index is 0.159. The molecule has 24 heavy (non-hydrogen) atoms. The van der Waals surface area contributed by atoms with Crippen molar-refractivity contribution in [1.29, 1.82) is 0 Å². The second-order valence-corrected chi connectivity index (χ2v) is 6.03. The van der Waals surface area contributed by atoms with Crippen LogP contribution in [-0.4, -0.2) is 35.5 Å². The number of hydrogen-bond acceptors (Lipinski definition) is 5. The fourth-order valence-corrected chi connectivity index (χ4v) is 2.16. The lowest BCUT2D eigenvalue weighted by Gasteiger charge is -2.14. The molecule has 0 fully saturated rings. The average Bonchev–Trinajstić information content (AvgIpc) is 2.96. The Bertz CT molecular complexity index is 707. The Kier molecular flexibility index (Phi) is 5.70. The molecule has 1 heterocycles. The van der Waals surface area contributed by atoms with Crippen molar-refractivity contribution in [3.63, 3.8) is 0 Å². The topological polar surface area (TPSA) is 101 Å². The molecule has 0 saturated heterocycles. The van der Waals surface area contributed by atoms with Crippen molar-refractivity contribution >= 4 is 17.5 Å². The van der Waals surface area contributed by atoms with Crippen LogP contribution in [0.1, 0.15) is 41.6 Å². The average molecular weight is 330 g/mol. The summed E-state index contributed by atoms with van der Waals surface area (Å²) in [7, 11) is 1.83. The van der Waals surface area contributed by atoms with E-state index in [-0.39, 0.29) is 12.5 Å². The number of primary amides is 1. The van der Waals surface area contributed by atoms with Gasteiger partial charge in [-0.25, -0.2) is 0 Å². The van der Waals surface area contributed by atoms with Gasteiger partial charge in [0.1, 0.15) is 0 Å². The molecular weight excluding hydrogens is 308 g/mol. The van der Waals surface area contributed by atoms with E-state index in [0.29, 0.717) is 23.7 Å². The molecule has 0 radical (unpaired) electrons. The van der Waals surface area contributed by atoms with Gasteiger partial charge in [-0.3, -0.25) is 14.5 Å². The maximum Gasteiger partial charge on any atom is 0.248 e. The van der Waals surface area contributed by atoms with E-state index in [0.717, 1.165) is 11.5 Å². The molecule has 0 saturated carbocycles. The SMILES string of the molecule is CC(C)c1cc(CN(C)CC(=O)Nc2ccc(C(N)=O)cc2)on1. The first-order valence-corrected chi connectivity index (χ1v) is 7.69. The quantitative estimate of drug-likeness (QED) is 0.808. The summed E-state index contributed by atoms with van der Waals surface area (Å²) in [5.74, 6) is 0.368. The second kappa shape index (κ2) is 7.74. The van der Waals surface area contributed by atoms with Gasteiger partial charge in [0, 0.05) is 17.3 Å². The molecule has 0 spiro atoms. The lowest BCUT2D eigenvalue weighted by molar-refractivity contribution is -0.117. The molecule has 0 unspecified atom stereocenters. The van der Waals surface area contributed by atoms with Crippen molar-refractivity contribution in [2.24, 2.45) is 5.73 Å². The molecule has 0 aliphatic heterocycles. The number of anilines is 1. The van der Waals surface area contributed by atoms with Gasteiger partial charge < -0.3 is 15.6 Å². The lowest BCUT2D eigenvalue weighted by atomic mass is 10.1. The molecule has 1 aromatic carbocycles. The molecule has 0 aliphatic rings. The number of nitrogens with two attached hydrogens (primary N) is 1. The molecular formula is C17H22N4O3. The maximum atomic E-state index is 12.1. The number of nitrogens with one attached hydrogen (secondary N) is 1. The van der Waals surface area contributed by atoms with Crippen molar-refractivity contribution in [3.8, 4) is 0 Å². The first kappa shape index (κ1) is 17.7. The van der Waals surface area contributed by atoms with Crippen molar-refractivity contribution in [3.05, 3.63) is 47.3 Å².